The van der Waals surface area contributed by atoms with Gasteiger partial charge in [0.1, 0.15) is 17.7 Å². The number of ether oxygens (including phenoxy) is 1. The Balaban J connectivity index is 1.57. The Morgan fingerprint density at radius 1 is 1.18 bits per heavy atom. The van der Waals surface area contributed by atoms with Gasteiger partial charge in [0.15, 0.2) is 11.5 Å². The molecule has 1 fully saturated rings. The fourth-order valence-corrected chi connectivity index (χ4v) is 3.54. The Morgan fingerprint density at radius 2 is 1.94 bits per heavy atom. The zero-order valence-electron chi connectivity index (χ0n) is 18.5. The van der Waals surface area contributed by atoms with E-state index < -0.39 is 18.1 Å². The van der Waals surface area contributed by atoms with Crippen LogP contribution in [0.3, 0.4) is 0 Å². The third-order valence-electron chi connectivity index (χ3n) is 5.26. The highest BCUT2D eigenvalue weighted by Crippen LogP contribution is 2.28. The van der Waals surface area contributed by atoms with Gasteiger partial charge in [0.25, 0.3) is 5.91 Å². The largest absolute Gasteiger partial charge is 0.434 e. The highest BCUT2D eigenvalue weighted by Gasteiger charge is 2.34. The summed E-state index contributed by atoms with van der Waals surface area (Å²) in [5, 5.41) is 0. The Morgan fingerprint density at radius 3 is 2.62 bits per heavy atom. The van der Waals surface area contributed by atoms with Crippen molar-refractivity contribution in [3.63, 3.8) is 0 Å². The maximum absolute atomic E-state index is 13.6. The molecule has 0 spiro atoms. The molecule has 1 amide bonds. The third kappa shape index (κ3) is 5.11. The van der Waals surface area contributed by atoms with E-state index in [2.05, 4.69) is 24.9 Å². The van der Waals surface area contributed by atoms with Crippen LogP contribution in [0.4, 0.5) is 19.0 Å². The summed E-state index contributed by atoms with van der Waals surface area (Å²) >= 11 is 0. The van der Waals surface area contributed by atoms with Crippen LogP contribution in [0.5, 0.6) is 0 Å². The smallest absolute Gasteiger partial charge is 0.356 e. The average molecular weight is 473 g/mol. The van der Waals surface area contributed by atoms with Gasteiger partial charge < -0.3 is 14.5 Å². The molecule has 3 aromatic rings. The number of alkyl halides is 3. The van der Waals surface area contributed by atoms with Gasteiger partial charge in [-0.25, -0.2) is 24.9 Å². The average Bonchev–Trinajstić information content (AvgIpc) is 2.84. The minimum Gasteiger partial charge on any atom is -0.356 e. The minimum atomic E-state index is -4.57. The summed E-state index contributed by atoms with van der Waals surface area (Å²) in [6.45, 7) is 2.83. The van der Waals surface area contributed by atoms with E-state index in [0.717, 1.165) is 6.20 Å². The van der Waals surface area contributed by atoms with Crippen molar-refractivity contribution in [2.24, 2.45) is 0 Å². The molecule has 9 nitrogen and oxygen atoms in total. The number of rotatable bonds is 5. The Bertz CT molecular complexity index is 1140. The number of hydrogen-bond donors (Lipinski definition) is 0. The lowest BCUT2D eigenvalue weighted by Gasteiger charge is -2.37. The molecule has 1 aliphatic heterocycles. The maximum atomic E-state index is 13.6. The zero-order valence-corrected chi connectivity index (χ0v) is 18.5. The summed E-state index contributed by atoms with van der Waals surface area (Å²) in [7, 11) is 1.64. The quantitative estimate of drug-likeness (QED) is 0.558. The van der Waals surface area contributed by atoms with Crippen LogP contribution in [-0.4, -0.2) is 68.7 Å². The lowest BCUT2D eigenvalue weighted by molar-refractivity contribution is -0.141. The standard InChI is InChI=1S/C22H22F3N7O2/c1-14-5-6-15(20-26-7-3-8-27-20)19(30-14)21(33)32-9-4-10-34-18(32)13-31(2)17-12-28-16(11-29-17)22(23,24)25/h3,5-8,11-12,18H,4,9-10,13H2,1-2H3. The second-order valence-electron chi connectivity index (χ2n) is 7.74. The van der Waals surface area contributed by atoms with Crippen LogP contribution in [0.1, 0.15) is 28.3 Å². The maximum Gasteiger partial charge on any atom is 0.434 e. The normalized spacial score (nSPS) is 16.4. The van der Waals surface area contributed by atoms with Crippen LogP contribution in [0.15, 0.2) is 43.0 Å². The van der Waals surface area contributed by atoms with Crippen LogP contribution < -0.4 is 4.90 Å². The molecule has 0 radical (unpaired) electrons. The molecule has 1 atom stereocenters. The molecular weight excluding hydrogens is 451 g/mol. The van der Waals surface area contributed by atoms with Gasteiger partial charge in [-0.3, -0.25) is 4.79 Å². The molecule has 0 aromatic carbocycles. The molecule has 0 N–H and O–H groups in total. The van der Waals surface area contributed by atoms with Crippen LogP contribution >= 0.6 is 0 Å². The summed E-state index contributed by atoms with van der Waals surface area (Å²) in [4.78, 5) is 37.0. The van der Waals surface area contributed by atoms with Gasteiger partial charge in [-0.15, -0.1) is 0 Å². The van der Waals surface area contributed by atoms with Crippen molar-refractivity contribution in [2.75, 3.05) is 31.6 Å². The zero-order chi connectivity index (χ0) is 24.3. The van der Waals surface area contributed by atoms with E-state index in [1.807, 2.05) is 0 Å². The molecule has 0 aliphatic carbocycles. The Kier molecular flexibility index (Phi) is 6.68. The second kappa shape index (κ2) is 9.67. The molecule has 34 heavy (non-hydrogen) atoms. The number of halogens is 3. The molecule has 0 saturated carbocycles. The number of amides is 1. The van der Waals surface area contributed by atoms with Crippen molar-refractivity contribution in [1.29, 1.82) is 0 Å². The third-order valence-corrected chi connectivity index (χ3v) is 5.26. The van der Waals surface area contributed by atoms with Crippen molar-refractivity contribution in [2.45, 2.75) is 25.7 Å². The van der Waals surface area contributed by atoms with Gasteiger partial charge in [0, 0.05) is 31.7 Å². The summed E-state index contributed by atoms with van der Waals surface area (Å²) < 4.78 is 44.2. The molecule has 3 aromatic heterocycles. The van der Waals surface area contributed by atoms with E-state index in [0.29, 0.717) is 42.9 Å². The summed E-state index contributed by atoms with van der Waals surface area (Å²) in [5.74, 6) is 0.259. The van der Waals surface area contributed by atoms with Gasteiger partial charge in [-0.1, -0.05) is 0 Å². The van der Waals surface area contributed by atoms with E-state index in [1.165, 1.54) is 0 Å². The molecule has 1 unspecified atom stereocenters. The van der Waals surface area contributed by atoms with Crippen molar-refractivity contribution in [3.8, 4) is 11.4 Å². The SMILES string of the molecule is Cc1ccc(-c2ncccn2)c(C(=O)N2CCCOC2CN(C)c2cnc(C(F)(F)F)cn2)n1. The van der Waals surface area contributed by atoms with Crippen LogP contribution in [0.2, 0.25) is 0 Å². The van der Waals surface area contributed by atoms with E-state index in [1.54, 1.807) is 54.4 Å². The molecule has 4 heterocycles. The summed E-state index contributed by atoms with van der Waals surface area (Å²) in [5.41, 5.74) is 0.298. The number of aryl methyl sites for hydroxylation is 1. The first kappa shape index (κ1) is 23.5. The van der Waals surface area contributed by atoms with Crippen molar-refractivity contribution in [1.82, 2.24) is 29.8 Å². The minimum absolute atomic E-state index is 0.175. The van der Waals surface area contributed by atoms with Gasteiger partial charge in [-0.05, 0) is 31.5 Å². The lowest BCUT2D eigenvalue weighted by atomic mass is 10.1. The van der Waals surface area contributed by atoms with Gasteiger partial charge in [0.05, 0.1) is 31.1 Å². The van der Waals surface area contributed by atoms with Crippen LogP contribution in [0, 0.1) is 6.92 Å². The second-order valence-corrected chi connectivity index (χ2v) is 7.74. The van der Waals surface area contributed by atoms with Gasteiger partial charge >= 0.3 is 6.18 Å². The van der Waals surface area contributed by atoms with Crippen molar-refractivity contribution >= 4 is 11.7 Å². The number of hydrogen-bond acceptors (Lipinski definition) is 8. The van der Waals surface area contributed by atoms with E-state index in [4.69, 9.17) is 4.74 Å². The highest BCUT2D eigenvalue weighted by atomic mass is 19.4. The van der Waals surface area contributed by atoms with E-state index >= 15 is 0 Å². The predicted molar refractivity (Wildman–Crippen MR) is 116 cm³/mol. The van der Waals surface area contributed by atoms with Crippen LogP contribution in [0.25, 0.3) is 11.4 Å². The highest BCUT2D eigenvalue weighted by molar-refractivity contribution is 5.98. The fourth-order valence-electron chi connectivity index (χ4n) is 3.54. The number of nitrogens with zero attached hydrogens (tertiary/aromatic N) is 7. The molecule has 1 saturated heterocycles. The number of likely N-dealkylation sites (N-methyl/N-ethyl adjacent to an activating group) is 1. The fraction of sp³-hybridized carbons (Fsp3) is 0.364. The van der Waals surface area contributed by atoms with Crippen molar-refractivity contribution < 1.29 is 22.7 Å². The molecule has 4 rings (SSSR count). The predicted octanol–water partition coefficient (Wildman–Crippen LogP) is 2.98. The van der Waals surface area contributed by atoms with E-state index in [9.17, 15) is 18.0 Å². The number of carbonyl (C=O) groups is 1. The molecule has 0 bridgehead atoms. The molecule has 178 valence electrons. The monoisotopic (exact) mass is 473 g/mol. The number of anilines is 1. The first-order chi connectivity index (χ1) is 16.2. The number of carbonyl (C=O) groups excluding carboxylic acids is 1. The first-order valence-electron chi connectivity index (χ1n) is 10.5. The molecule has 12 heteroatoms. The lowest BCUT2D eigenvalue weighted by Crippen LogP contribution is -2.51. The van der Waals surface area contributed by atoms with Gasteiger partial charge in [0.2, 0.25) is 0 Å². The van der Waals surface area contributed by atoms with E-state index in [-0.39, 0.29) is 24.0 Å². The van der Waals surface area contributed by atoms with Crippen LogP contribution in [-0.2, 0) is 10.9 Å². The van der Waals surface area contributed by atoms with Crippen molar-refractivity contribution in [3.05, 3.63) is 60.1 Å². The van der Waals surface area contributed by atoms with Gasteiger partial charge in [-0.2, -0.15) is 13.2 Å². The number of aromatic nitrogens is 5. The molecule has 1 aliphatic rings. The number of pyridine rings is 1. The summed E-state index contributed by atoms with van der Waals surface area (Å²) in [6.07, 6.45) is 0.300. The first-order valence-corrected chi connectivity index (χ1v) is 10.5. The Labute approximate surface area is 193 Å². The molecular formula is C22H22F3N7O2. The topological polar surface area (TPSA) is 97.2 Å². The Hall–Kier alpha value is -3.67. The summed E-state index contributed by atoms with van der Waals surface area (Å²) in [6, 6.07) is 5.22.